The average molecular weight is 266 g/mol. The number of hydrogen-bond acceptors (Lipinski definition) is 4. The van der Waals surface area contributed by atoms with Gasteiger partial charge in [-0.3, -0.25) is 0 Å². The van der Waals surface area contributed by atoms with Crippen LogP contribution in [0.2, 0.25) is 0 Å². The van der Waals surface area contributed by atoms with Crippen molar-refractivity contribution in [3.63, 3.8) is 0 Å². The molecule has 6 nitrogen and oxygen atoms in total. The molecule has 18 heavy (non-hydrogen) atoms. The van der Waals surface area contributed by atoms with Crippen LogP contribution >= 0.6 is 0 Å². The summed E-state index contributed by atoms with van der Waals surface area (Å²) in [7, 11) is -3.49. The number of aromatic nitrogens is 3. The Labute approximate surface area is 105 Å². The molecule has 3 rings (SSSR count). The second-order valence-electron chi connectivity index (χ2n) is 4.56. The summed E-state index contributed by atoms with van der Waals surface area (Å²) in [6.45, 7) is 0.514. The Bertz CT molecular complexity index is 660. The van der Waals surface area contributed by atoms with Crippen LogP contribution in [0.25, 0.3) is 5.52 Å². The predicted octanol–water partition coefficient (Wildman–Crippen LogP) is 0.808. The fourth-order valence-electron chi connectivity index (χ4n) is 2.02. The van der Waals surface area contributed by atoms with Gasteiger partial charge in [0.15, 0.2) is 0 Å². The largest absolute Gasteiger partial charge is 0.244 e. The molecule has 0 amide bonds. The maximum absolute atomic E-state index is 12.2. The van der Waals surface area contributed by atoms with Crippen molar-refractivity contribution < 1.29 is 8.42 Å². The highest BCUT2D eigenvalue weighted by Crippen LogP contribution is 2.26. The molecule has 1 aliphatic rings. The van der Waals surface area contributed by atoms with Crippen molar-refractivity contribution in [2.45, 2.75) is 24.2 Å². The molecule has 7 heteroatoms. The van der Waals surface area contributed by atoms with E-state index < -0.39 is 10.0 Å². The summed E-state index contributed by atoms with van der Waals surface area (Å²) in [4.78, 5) is 0.190. The number of rotatable bonds is 4. The number of nitrogens with zero attached hydrogens (tertiary/aromatic N) is 3. The first-order valence-corrected chi connectivity index (χ1v) is 7.44. The molecule has 2 heterocycles. The fourth-order valence-corrected chi connectivity index (χ4v) is 3.24. The average Bonchev–Trinajstić information content (AvgIpc) is 2.71. The van der Waals surface area contributed by atoms with Crippen LogP contribution in [0, 0.1) is 5.92 Å². The van der Waals surface area contributed by atoms with E-state index in [1.807, 2.05) is 0 Å². The topological polar surface area (TPSA) is 76.4 Å². The summed E-state index contributed by atoms with van der Waals surface area (Å²) in [6.07, 6.45) is 6.33. The lowest BCUT2D eigenvalue weighted by atomic mass is 9.86. The summed E-state index contributed by atoms with van der Waals surface area (Å²) in [5.74, 6) is 0.486. The Hall–Kier alpha value is -1.47. The Morgan fingerprint density at radius 3 is 2.94 bits per heavy atom. The number of sulfonamides is 1. The van der Waals surface area contributed by atoms with Gasteiger partial charge in [0.05, 0.1) is 6.20 Å². The first kappa shape index (κ1) is 11.6. The second kappa shape index (κ2) is 4.33. The molecule has 0 spiro atoms. The summed E-state index contributed by atoms with van der Waals surface area (Å²) in [5, 5.41) is 7.88. The van der Waals surface area contributed by atoms with Crippen LogP contribution in [0.15, 0.2) is 29.4 Å². The monoisotopic (exact) mass is 266 g/mol. The van der Waals surface area contributed by atoms with E-state index in [2.05, 4.69) is 14.9 Å². The number of nitrogens with one attached hydrogen (secondary N) is 1. The molecule has 0 bridgehead atoms. The quantitative estimate of drug-likeness (QED) is 0.888. The zero-order valence-corrected chi connectivity index (χ0v) is 10.6. The summed E-state index contributed by atoms with van der Waals surface area (Å²) < 4.78 is 28.3. The van der Waals surface area contributed by atoms with Crippen molar-refractivity contribution in [2.75, 3.05) is 6.54 Å². The van der Waals surface area contributed by atoms with Gasteiger partial charge in [-0.25, -0.2) is 13.1 Å². The SMILES string of the molecule is O=S(=O)(NCC1CCC1)c1cnn2ncccc12. The third-order valence-electron chi connectivity index (χ3n) is 3.34. The van der Waals surface area contributed by atoms with Crippen LogP contribution < -0.4 is 4.72 Å². The molecular weight excluding hydrogens is 252 g/mol. The van der Waals surface area contributed by atoms with Crippen molar-refractivity contribution in [1.82, 2.24) is 19.5 Å². The van der Waals surface area contributed by atoms with Gasteiger partial charge in [-0.1, -0.05) is 6.42 Å². The number of hydrogen-bond donors (Lipinski definition) is 1. The minimum atomic E-state index is -3.49. The van der Waals surface area contributed by atoms with Crippen molar-refractivity contribution >= 4 is 15.5 Å². The molecule has 0 atom stereocenters. The van der Waals surface area contributed by atoms with Crippen LogP contribution in [-0.4, -0.2) is 29.8 Å². The highest BCUT2D eigenvalue weighted by molar-refractivity contribution is 7.89. The summed E-state index contributed by atoms with van der Waals surface area (Å²) in [5.41, 5.74) is 0.499. The van der Waals surface area contributed by atoms with Gasteiger partial charge in [0, 0.05) is 12.7 Å². The van der Waals surface area contributed by atoms with Gasteiger partial charge in [0.1, 0.15) is 10.4 Å². The number of fused-ring (bicyclic) bond motifs is 1. The highest BCUT2D eigenvalue weighted by atomic mass is 32.2. The van der Waals surface area contributed by atoms with Crippen molar-refractivity contribution in [3.05, 3.63) is 24.5 Å². The van der Waals surface area contributed by atoms with Crippen LogP contribution in [0.5, 0.6) is 0 Å². The zero-order valence-electron chi connectivity index (χ0n) is 9.78. The first-order chi connectivity index (χ1) is 8.67. The predicted molar refractivity (Wildman–Crippen MR) is 65.5 cm³/mol. The molecule has 0 radical (unpaired) electrons. The fraction of sp³-hybridized carbons (Fsp3) is 0.455. The van der Waals surface area contributed by atoms with E-state index in [0.717, 1.165) is 12.8 Å². The van der Waals surface area contributed by atoms with E-state index in [4.69, 9.17) is 0 Å². The molecule has 96 valence electrons. The van der Waals surface area contributed by atoms with Crippen LogP contribution in [0.4, 0.5) is 0 Å². The summed E-state index contributed by atoms with van der Waals surface area (Å²) in [6, 6.07) is 3.39. The first-order valence-electron chi connectivity index (χ1n) is 5.95. The van der Waals surface area contributed by atoms with E-state index in [9.17, 15) is 8.42 Å². The smallest absolute Gasteiger partial charge is 0.211 e. The molecular formula is C11H14N4O2S. The molecule has 1 aliphatic carbocycles. The van der Waals surface area contributed by atoms with Gasteiger partial charge in [-0.2, -0.15) is 14.8 Å². The lowest BCUT2D eigenvalue weighted by Gasteiger charge is -2.25. The minimum Gasteiger partial charge on any atom is -0.211 e. The molecule has 1 saturated carbocycles. The maximum Gasteiger partial charge on any atom is 0.244 e. The van der Waals surface area contributed by atoms with Crippen molar-refractivity contribution in [1.29, 1.82) is 0 Å². The molecule has 1 fully saturated rings. The van der Waals surface area contributed by atoms with Gasteiger partial charge in [0.25, 0.3) is 0 Å². The lowest BCUT2D eigenvalue weighted by molar-refractivity contribution is 0.316. The molecule has 0 aliphatic heterocycles. The van der Waals surface area contributed by atoms with Gasteiger partial charge >= 0.3 is 0 Å². The normalized spacial score (nSPS) is 16.9. The van der Waals surface area contributed by atoms with Crippen molar-refractivity contribution in [3.8, 4) is 0 Å². The van der Waals surface area contributed by atoms with E-state index in [1.165, 1.54) is 17.2 Å². The van der Waals surface area contributed by atoms with Gasteiger partial charge < -0.3 is 0 Å². The van der Waals surface area contributed by atoms with E-state index in [0.29, 0.717) is 18.0 Å². The molecule has 0 unspecified atom stereocenters. The van der Waals surface area contributed by atoms with Crippen LogP contribution in [0.1, 0.15) is 19.3 Å². The second-order valence-corrected chi connectivity index (χ2v) is 6.29. The van der Waals surface area contributed by atoms with Gasteiger partial charge in [-0.15, -0.1) is 0 Å². The Balaban J connectivity index is 1.87. The van der Waals surface area contributed by atoms with E-state index in [-0.39, 0.29) is 4.90 Å². The Kier molecular flexibility index (Phi) is 2.79. The minimum absolute atomic E-state index is 0.190. The standard InChI is InChI=1S/C11H14N4O2S/c16-18(17,14-7-9-3-1-4-9)11-8-13-15-10(11)5-2-6-12-15/h2,5-6,8-9,14H,1,3-4,7H2. The maximum atomic E-state index is 12.2. The van der Waals surface area contributed by atoms with Gasteiger partial charge in [0.2, 0.25) is 10.0 Å². The Morgan fingerprint density at radius 1 is 1.39 bits per heavy atom. The third-order valence-corrected chi connectivity index (χ3v) is 4.79. The highest BCUT2D eigenvalue weighted by Gasteiger charge is 2.23. The van der Waals surface area contributed by atoms with E-state index >= 15 is 0 Å². The lowest BCUT2D eigenvalue weighted by Crippen LogP contribution is -2.32. The van der Waals surface area contributed by atoms with Gasteiger partial charge in [-0.05, 0) is 30.9 Å². The van der Waals surface area contributed by atoms with Crippen LogP contribution in [0.3, 0.4) is 0 Å². The molecule has 1 N–H and O–H groups in total. The van der Waals surface area contributed by atoms with E-state index in [1.54, 1.807) is 18.3 Å². The van der Waals surface area contributed by atoms with Crippen molar-refractivity contribution in [2.24, 2.45) is 5.92 Å². The molecule has 2 aromatic rings. The zero-order chi connectivity index (χ0) is 12.6. The van der Waals surface area contributed by atoms with Crippen LogP contribution in [-0.2, 0) is 10.0 Å². The Morgan fingerprint density at radius 2 is 2.22 bits per heavy atom. The molecule has 0 saturated heterocycles. The molecule has 2 aromatic heterocycles. The summed E-state index contributed by atoms with van der Waals surface area (Å²) >= 11 is 0. The molecule has 0 aromatic carbocycles. The third kappa shape index (κ3) is 1.99.